The Morgan fingerprint density at radius 1 is 1.53 bits per heavy atom. The average molecular weight is 349 g/mol. The number of hydrogen-bond acceptors (Lipinski definition) is 3. The van der Waals surface area contributed by atoms with Crippen LogP contribution in [0.1, 0.15) is 18.7 Å². The van der Waals surface area contributed by atoms with E-state index in [1.165, 1.54) is 4.90 Å². The lowest BCUT2D eigenvalue weighted by Gasteiger charge is -2.22. The predicted molar refractivity (Wildman–Crippen MR) is 78.3 cm³/mol. The number of thiophene rings is 1. The van der Waals surface area contributed by atoms with Gasteiger partial charge in [-0.1, -0.05) is 13.8 Å². The molecule has 1 aromatic rings. The van der Waals surface area contributed by atoms with Gasteiger partial charge < -0.3 is 15.3 Å². The van der Waals surface area contributed by atoms with E-state index in [9.17, 15) is 9.59 Å². The van der Waals surface area contributed by atoms with Crippen LogP contribution in [0, 0.1) is 5.92 Å². The van der Waals surface area contributed by atoms with Crippen LogP contribution in [-0.4, -0.2) is 35.1 Å². The molecular formula is C12H17BrN2O3S. The molecule has 0 bridgehead atoms. The van der Waals surface area contributed by atoms with Crippen molar-refractivity contribution in [3.8, 4) is 0 Å². The highest BCUT2D eigenvalue weighted by molar-refractivity contribution is 9.10. The van der Waals surface area contributed by atoms with Crippen molar-refractivity contribution < 1.29 is 14.7 Å². The van der Waals surface area contributed by atoms with Crippen LogP contribution in [0.3, 0.4) is 0 Å². The average Bonchev–Trinajstić information content (AvgIpc) is 2.70. The van der Waals surface area contributed by atoms with Gasteiger partial charge in [-0.25, -0.2) is 9.59 Å². The SMILES string of the molecule is CC(C)C(NC(=O)N(C)Cc1cc(Br)cs1)C(=O)O. The van der Waals surface area contributed by atoms with E-state index in [1.807, 2.05) is 11.4 Å². The van der Waals surface area contributed by atoms with Crippen LogP contribution in [0.15, 0.2) is 15.9 Å². The first kappa shape index (κ1) is 16.0. The molecule has 1 unspecified atom stereocenters. The number of amides is 2. The largest absolute Gasteiger partial charge is 0.480 e. The Balaban J connectivity index is 2.59. The van der Waals surface area contributed by atoms with E-state index in [0.717, 1.165) is 9.35 Å². The summed E-state index contributed by atoms with van der Waals surface area (Å²) in [4.78, 5) is 25.4. The Morgan fingerprint density at radius 2 is 2.16 bits per heavy atom. The van der Waals surface area contributed by atoms with Gasteiger partial charge in [-0.05, 0) is 27.9 Å². The van der Waals surface area contributed by atoms with Crippen LogP contribution in [0.2, 0.25) is 0 Å². The van der Waals surface area contributed by atoms with Gasteiger partial charge >= 0.3 is 12.0 Å². The number of nitrogens with one attached hydrogen (secondary N) is 1. The maximum atomic E-state index is 11.9. The minimum atomic E-state index is -1.02. The summed E-state index contributed by atoms with van der Waals surface area (Å²) >= 11 is 4.89. The van der Waals surface area contributed by atoms with E-state index in [2.05, 4.69) is 21.2 Å². The lowest BCUT2D eigenvalue weighted by atomic mass is 10.1. The maximum absolute atomic E-state index is 11.9. The fraction of sp³-hybridized carbons (Fsp3) is 0.500. The second-order valence-corrected chi connectivity index (χ2v) is 6.51. The normalized spacial score (nSPS) is 12.3. The van der Waals surface area contributed by atoms with Gasteiger partial charge in [-0.2, -0.15) is 0 Å². The van der Waals surface area contributed by atoms with Gasteiger partial charge in [0, 0.05) is 21.8 Å². The molecular weight excluding hydrogens is 332 g/mol. The summed E-state index contributed by atoms with van der Waals surface area (Å²) in [6.07, 6.45) is 0. The highest BCUT2D eigenvalue weighted by Gasteiger charge is 2.24. The van der Waals surface area contributed by atoms with Crippen molar-refractivity contribution in [1.82, 2.24) is 10.2 Å². The fourth-order valence-electron chi connectivity index (χ4n) is 1.50. The maximum Gasteiger partial charge on any atom is 0.326 e. The van der Waals surface area contributed by atoms with Crippen molar-refractivity contribution in [2.45, 2.75) is 26.4 Å². The molecule has 0 aliphatic carbocycles. The van der Waals surface area contributed by atoms with E-state index in [4.69, 9.17) is 5.11 Å². The molecule has 0 saturated carbocycles. The highest BCUT2D eigenvalue weighted by Crippen LogP contribution is 2.20. The highest BCUT2D eigenvalue weighted by atomic mass is 79.9. The third-order valence-electron chi connectivity index (χ3n) is 2.57. The molecule has 106 valence electrons. The Labute approximate surface area is 124 Å². The second kappa shape index (κ2) is 6.91. The van der Waals surface area contributed by atoms with Gasteiger partial charge in [0.1, 0.15) is 6.04 Å². The summed E-state index contributed by atoms with van der Waals surface area (Å²) < 4.78 is 0.979. The van der Waals surface area contributed by atoms with E-state index in [-0.39, 0.29) is 11.9 Å². The molecule has 1 heterocycles. The summed E-state index contributed by atoms with van der Waals surface area (Å²) in [5, 5.41) is 13.5. The summed E-state index contributed by atoms with van der Waals surface area (Å²) in [5.41, 5.74) is 0. The van der Waals surface area contributed by atoms with Crippen LogP contribution in [0.4, 0.5) is 4.79 Å². The van der Waals surface area contributed by atoms with Crippen molar-refractivity contribution in [2.24, 2.45) is 5.92 Å². The number of carboxylic acids is 1. The number of halogens is 1. The van der Waals surface area contributed by atoms with Gasteiger partial charge in [0.05, 0.1) is 6.54 Å². The van der Waals surface area contributed by atoms with Crippen LogP contribution >= 0.6 is 27.3 Å². The van der Waals surface area contributed by atoms with Gasteiger partial charge in [-0.3, -0.25) is 0 Å². The van der Waals surface area contributed by atoms with Crippen LogP contribution in [0.5, 0.6) is 0 Å². The van der Waals surface area contributed by atoms with Crippen LogP contribution in [0.25, 0.3) is 0 Å². The fourth-order valence-corrected chi connectivity index (χ4v) is 3.00. The number of carbonyl (C=O) groups is 2. The number of carboxylic acid groups (broad SMARTS) is 1. The third-order valence-corrected chi connectivity index (χ3v) is 4.26. The molecule has 2 amide bonds. The standard InChI is InChI=1S/C12H17BrN2O3S/c1-7(2)10(11(16)17)14-12(18)15(3)5-9-4-8(13)6-19-9/h4,6-7,10H,5H2,1-3H3,(H,14,18)(H,16,17). The van der Waals surface area contributed by atoms with Crippen molar-refractivity contribution >= 4 is 39.3 Å². The number of carbonyl (C=O) groups excluding carboxylic acids is 1. The quantitative estimate of drug-likeness (QED) is 0.859. The minimum Gasteiger partial charge on any atom is -0.480 e. The Morgan fingerprint density at radius 3 is 2.58 bits per heavy atom. The Kier molecular flexibility index (Phi) is 5.81. The summed E-state index contributed by atoms with van der Waals surface area (Å²) in [5.74, 6) is -1.18. The molecule has 0 radical (unpaired) electrons. The molecule has 0 saturated heterocycles. The summed E-state index contributed by atoms with van der Waals surface area (Å²) in [6, 6.07) is 0.682. The van der Waals surface area contributed by atoms with Crippen LogP contribution in [-0.2, 0) is 11.3 Å². The van der Waals surface area contributed by atoms with Crippen LogP contribution < -0.4 is 5.32 Å². The van der Waals surface area contributed by atoms with Crippen molar-refractivity contribution in [3.63, 3.8) is 0 Å². The Bertz CT molecular complexity index is 462. The molecule has 0 spiro atoms. The number of aliphatic carboxylic acids is 1. The van der Waals surface area contributed by atoms with E-state index >= 15 is 0 Å². The molecule has 5 nitrogen and oxygen atoms in total. The molecule has 19 heavy (non-hydrogen) atoms. The first-order chi connectivity index (χ1) is 8.81. The van der Waals surface area contributed by atoms with Gasteiger partial charge in [0.2, 0.25) is 0 Å². The number of nitrogens with zero attached hydrogens (tertiary/aromatic N) is 1. The van der Waals surface area contributed by atoms with Gasteiger partial charge in [0.15, 0.2) is 0 Å². The molecule has 1 aromatic heterocycles. The summed E-state index contributed by atoms with van der Waals surface area (Å²) in [6.45, 7) is 3.97. The number of urea groups is 1. The molecule has 1 rings (SSSR count). The summed E-state index contributed by atoms with van der Waals surface area (Å²) in [7, 11) is 1.64. The number of hydrogen-bond donors (Lipinski definition) is 2. The monoisotopic (exact) mass is 348 g/mol. The molecule has 1 atom stereocenters. The predicted octanol–water partition coefficient (Wildman–Crippen LogP) is 2.76. The third kappa shape index (κ3) is 4.83. The zero-order valence-electron chi connectivity index (χ0n) is 11.0. The van der Waals surface area contributed by atoms with E-state index in [0.29, 0.717) is 6.54 Å². The zero-order valence-corrected chi connectivity index (χ0v) is 13.4. The molecule has 7 heteroatoms. The molecule has 0 aliphatic rings. The second-order valence-electron chi connectivity index (χ2n) is 4.60. The van der Waals surface area contributed by atoms with E-state index in [1.54, 1.807) is 32.2 Å². The first-order valence-corrected chi connectivity index (χ1v) is 7.46. The lowest BCUT2D eigenvalue weighted by Crippen LogP contribution is -2.48. The number of rotatable bonds is 5. The topological polar surface area (TPSA) is 69.6 Å². The molecule has 0 aromatic carbocycles. The zero-order chi connectivity index (χ0) is 14.6. The lowest BCUT2D eigenvalue weighted by molar-refractivity contribution is -0.140. The molecule has 0 fully saturated rings. The Hall–Kier alpha value is -1.08. The minimum absolute atomic E-state index is 0.161. The van der Waals surface area contributed by atoms with Crippen molar-refractivity contribution in [2.75, 3.05) is 7.05 Å². The smallest absolute Gasteiger partial charge is 0.326 e. The molecule has 2 N–H and O–H groups in total. The van der Waals surface area contributed by atoms with Crippen molar-refractivity contribution in [3.05, 3.63) is 20.8 Å². The van der Waals surface area contributed by atoms with E-state index < -0.39 is 12.0 Å². The molecule has 0 aliphatic heterocycles. The first-order valence-electron chi connectivity index (χ1n) is 5.78. The van der Waals surface area contributed by atoms with Gasteiger partial charge in [0.25, 0.3) is 0 Å². The van der Waals surface area contributed by atoms with Gasteiger partial charge in [-0.15, -0.1) is 11.3 Å². The van der Waals surface area contributed by atoms with Crippen molar-refractivity contribution in [1.29, 1.82) is 0 Å².